The molecule has 0 saturated carbocycles. The van der Waals surface area contributed by atoms with Crippen molar-refractivity contribution in [3.05, 3.63) is 82.9 Å². The molecule has 0 saturated heterocycles. The molecular formula is C17H14N2OS. The summed E-state index contributed by atoms with van der Waals surface area (Å²) in [5.74, 6) is 0.723. The van der Waals surface area contributed by atoms with Gasteiger partial charge < -0.3 is 4.98 Å². The summed E-state index contributed by atoms with van der Waals surface area (Å²) >= 11 is 1.59. The van der Waals surface area contributed by atoms with Crippen LogP contribution in [0.25, 0.3) is 11.1 Å². The maximum absolute atomic E-state index is 12.2. The zero-order chi connectivity index (χ0) is 14.5. The molecule has 2 heterocycles. The summed E-state index contributed by atoms with van der Waals surface area (Å²) in [6.45, 7) is 0. The Balaban J connectivity index is 1.93. The predicted molar refractivity (Wildman–Crippen MR) is 86.3 cm³/mol. The monoisotopic (exact) mass is 294 g/mol. The van der Waals surface area contributed by atoms with Crippen molar-refractivity contribution in [2.24, 2.45) is 0 Å². The number of rotatable bonds is 4. The highest BCUT2D eigenvalue weighted by atomic mass is 32.2. The van der Waals surface area contributed by atoms with E-state index in [1.807, 2.05) is 48.5 Å². The number of H-pyrrole nitrogens is 1. The number of hydrogen-bond acceptors (Lipinski definition) is 3. The van der Waals surface area contributed by atoms with Gasteiger partial charge in [-0.25, -0.2) is 0 Å². The first-order valence-electron chi connectivity index (χ1n) is 6.64. The number of hydrogen-bond donors (Lipinski definition) is 1. The van der Waals surface area contributed by atoms with Gasteiger partial charge in [0.1, 0.15) is 0 Å². The molecule has 0 aliphatic heterocycles. The number of nitrogens with zero attached hydrogens (tertiary/aromatic N) is 1. The molecule has 3 nitrogen and oxygen atoms in total. The molecule has 0 amide bonds. The van der Waals surface area contributed by atoms with Crippen LogP contribution in [0.5, 0.6) is 0 Å². The molecule has 0 atom stereocenters. The molecule has 4 heteroatoms. The Labute approximate surface area is 127 Å². The Hall–Kier alpha value is -2.33. The highest BCUT2D eigenvalue weighted by molar-refractivity contribution is 7.98. The summed E-state index contributed by atoms with van der Waals surface area (Å²) in [5, 5.41) is 0.874. The summed E-state index contributed by atoms with van der Waals surface area (Å²) in [5.41, 5.74) is 2.68. The zero-order valence-corrected chi connectivity index (χ0v) is 12.1. The van der Waals surface area contributed by atoms with Crippen molar-refractivity contribution in [1.29, 1.82) is 0 Å². The predicted octanol–water partition coefficient (Wildman–Crippen LogP) is 3.73. The summed E-state index contributed by atoms with van der Waals surface area (Å²) in [6.07, 6.45) is 3.47. The van der Waals surface area contributed by atoms with Crippen LogP contribution in [-0.2, 0) is 5.75 Å². The first kappa shape index (κ1) is 13.6. The lowest BCUT2D eigenvalue weighted by molar-refractivity contribution is 1.11. The maximum atomic E-state index is 12.2. The molecule has 3 aromatic rings. The number of benzene rings is 1. The van der Waals surface area contributed by atoms with Crippen LogP contribution < -0.4 is 5.43 Å². The van der Waals surface area contributed by atoms with Gasteiger partial charge in [0.05, 0.1) is 16.3 Å². The molecule has 2 aromatic heterocycles. The van der Waals surface area contributed by atoms with Crippen molar-refractivity contribution in [2.75, 3.05) is 0 Å². The molecule has 0 radical (unpaired) electrons. The van der Waals surface area contributed by atoms with Gasteiger partial charge >= 0.3 is 0 Å². The van der Waals surface area contributed by atoms with Crippen LogP contribution in [0.15, 0.2) is 76.8 Å². The number of thioether (sulfide) groups is 1. The standard InChI is InChI=1S/C17H14N2OS/c20-15-9-11-19-17(16(15)13-6-2-1-3-7-13)21-12-14-8-4-5-10-18-14/h1-11H,12H2,(H,19,20). The van der Waals surface area contributed by atoms with Crippen LogP contribution in [0, 0.1) is 0 Å². The molecule has 0 fully saturated rings. The van der Waals surface area contributed by atoms with Gasteiger partial charge in [0.15, 0.2) is 5.43 Å². The first-order valence-corrected chi connectivity index (χ1v) is 7.63. The average Bonchev–Trinajstić information content (AvgIpc) is 2.55. The number of pyridine rings is 2. The van der Waals surface area contributed by atoms with E-state index in [0.29, 0.717) is 0 Å². The van der Waals surface area contributed by atoms with Crippen LogP contribution in [0.4, 0.5) is 0 Å². The zero-order valence-electron chi connectivity index (χ0n) is 11.3. The molecule has 1 N–H and O–H groups in total. The van der Waals surface area contributed by atoms with Crippen LogP contribution in [0.2, 0.25) is 0 Å². The summed E-state index contributed by atoms with van der Waals surface area (Å²) < 4.78 is 0. The Morgan fingerprint density at radius 2 is 1.81 bits per heavy atom. The van der Waals surface area contributed by atoms with E-state index in [4.69, 9.17) is 0 Å². The van der Waals surface area contributed by atoms with E-state index in [1.54, 1.807) is 30.2 Å². The smallest absolute Gasteiger partial charge is 0.190 e. The van der Waals surface area contributed by atoms with Crippen LogP contribution in [0.3, 0.4) is 0 Å². The van der Waals surface area contributed by atoms with Crippen molar-refractivity contribution in [1.82, 2.24) is 9.97 Å². The summed E-state index contributed by atoms with van der Waals surface area (Å²) in [4.78, 5) is 19.7. The van der Waals surface area contributed by atoms with E-state index in [0.717, 1.165) is 27.6 Å². The Bertz CT molecular complexity index is 770. The normalized spacial score (nSPS) is 10.5. The first-order chi connectivity index (χ1) is 10.3. The van der Waals surface area contributed by atoms with Gasteiger partial charge in [-0.1, -0.05) is 36.4 Å². The molecule has 3 rings (SSSR count). The fraction of sp³-hybridized carbons (Fsp3) is 0.0588. The largest absolute Gasteiger partial charge is 0.356 e. The molecule has 104 valence electrons. The minimum atomic E-state index is 0.0310. The number of nitrogens with one attached hydrogen (secondary N) is 1. The van der Waals surface area contributed by atoms with Crippen molar-refractivity contribution in [3.8, 4) is 11.1 Å². The van der Waals surface area contributed by atoms with E-state index in [1.165, 1.54) is 0 Å². The van der Waals surface area contributed by atoms with Crippen molar-refractivity contribution < 1.29 is 0 Å². The van der Waals surface area contributed by atoms with Gasteiger partial charge in [0.25, 0.3) is 0 Å². The third-order valence-electron chi connectivity index (χ3n) is 3.08. The van der Waals surface area contributed by atoms with Crippen LogP contribution in [0.1, 0.15) is 5.69 Å². The number of aromatic nitrogens is 2. The maximum Gasteiger partial charge on any atom is 0.190 e. The second-order valence-corrected chi connectivity index (χ2v) is 5.51. The topological polar surface area (TPSA) is 45.8 Å². The van der Waals surface area contributed by atoms with Crippen molar-refractivity contribution in [2.45, 2.75) is 10.8 Å². The summed E-state index contributed by atoms with van der Waals surface area (Å²) in [7, 11) is 0. The van der Waals surface area contributed by atoms with Gasteiger partial charge in [-0.2, -0.15) is 0 Å². The SMILES string of the molecule is O=c1cc[nH]c(SCc2ccccn2)c1-c1ccccc1. The van der Waals surface area contributed by atoms with Crippen molar-refractivity contribution in [3.63, 3.8) is 0 Å². The molecule has 0 bridgehead atoms. The highest BCUT2D eigenvalue weighted by Crippen LogP contribution is 2.28. The van der Waals surface area contributed by atoms with E-state index in [9.17, 15) is 4.79 Å². The van der Waals surface area contributed by atoms with Gasteiger partial charge in [-0.3, -0.25) is 9.78 Å². The van der Waals surface area contributed by atoms with Crippen molar-refractivity contribution >= 4 is 11.8 Å². The Morgan fingerprint density at radius 1 is 1.00 bits per heavy atom. The Kier molecular flexibility index (Phi) is 4.17. The van der Waals surface area contributed by atoms with Gasteiger partial charge in [-0.15, -0.1) is 11.8 Å². The highest BCUT2D eigenvalue weighted by Gasteiger charge is 2.10. The molecule has 0 spiro atoms. The minimum Gasteiger partial charge on any atom is -0.356 e. The quantitative estimate of drug-likeness (QED) is 0.746. The second-order valence-electron chi connectivity index (χ2n) is 4.52. The average molecular weight is 294 g/mol. The summed E-state index contributed by atoms with van der Waals surface area (Å²) in [6, 6.07) is 17.1. The van der Waals surface area contributed by atoms with Crippen LogP contribution in [-0.4, -0.2) is 9.97 Å². The lowest BCUT2D eigenvalue weighted by Crippen LogP contribution is -2.05. The van der Waals surface area contributed by atoms with E-state index < -0.39 is 0 Å². The molecule has 21 heavy (non-hydrogen) atoms. The van der Waals surface area contributed by atoms with Crippen LogP contribution >= 0.6 is 11.8 Å². The molecule has 1 aromatic carbocycles. The Morgan fingerprint density at radius 3 is 2.57 bits per heavy atom. The lowest BCUT2D eigenvalue weighted by atomic mass is 10.1. The minimum absolute atomic E-state index is 0.0310. The molecule has 0 aliphatic rings. The molecule has 0 unspecified atom stereocenters. The lowest BCUT2D eigenvalue weighted by Gasteiger charge is -2.08. The fourth-order valence-corrected chi connectivity index (χ4v) is 3.06. The van der Waals surface area contributed by atoms with E-state index >= 15 is 0 Å². The van der Waals surface area contributed by atoms with Gasteiger partial charge in [-0.05, 0) is 17.7 Å². The molecule has 0 aliphatic carbocycles. The third-order valence-corrected chi connectivity index (χ3v) is 4.13. The van der Waals surface area contributed by atoms with E-state index in [2.05, 4.69) is 9.97 Å². The van der Waals surface area contributed by atoms with E-state index in [-0.39, 0.29) is 5.43 Å². The second kappa shape index (κ2) is 6.41. The third kappa shape index (κ3) is 3.23. The van der Waals surface area contributed by atoms with Gasteiger partial charge in [0.2, 0.25) is 0 Å². The fourth-order valence-electron chi connectivity index (χ4n) is 2.08. The molecular weight excluding hydrogens is 280 g/mol. The van der Waals surface area contributed by atoms with Gasteiger partial charge in [0, 0.05) is 24.2 Å². The number of aromatic amines is 1.